The second-order valence-corrected chi connectivity index (χ2v) is 6.72. The fraction of sp³-hybridized carbons (Fsp3) is 0.389. The molecule has 0 saturated carbocycles. The number of nitrogens with zero attached hydrogens (tertiary/aromatic N) is 2. The Balaban J connectivity index is 1.78. The van der Waals surface area contributed by atoms with Gasteiger partial charge in [0.05, 0.1) is 5.02 Å². The average Bonchev–Trinajstić information content (AvgIpc) is 2.91. The van der Waals surface area contributed by atoms with Crippen LogP contribution in [0.25, 0.3) is 0 Å². The van der Waals surface area contributed by atoms with Crippen LogP contribution in [-0.4, -0.2) is 29.0 Å². The number of benzene rings is 1. The van der Waals surface area contributed by atoms with E-state index in [0.29, 0.717) is 13.0 Å². The van der Waals surface area contributed by atoms with Gasteiger partial charge in [-0.3, -0.25) is 9.69 Å². The molecule has 0 radical (unpaired) electrons. The molecular formula is C18H21ClFN3O. The van der Waals surface area contributed by atoms with Crippen molar-refractivity contribution in [1.29, 1.82) is 0 Å². The van der Waals surface area contributed by atoms with Crippen LogP contribution in [0.4, 0.5) is 4.39 Å². The Morgan fingerprint density at radius 2 is 2.21 bits per heavy atom. The maximum absolute atomic E-state index is 13.7. The Bertz CT molecular complexity index is 731. The van der Waals surface area contributed by atoms with Crippen molar-refractivity contribution in [3.8, 4) is 0 Å². The van der Waals surface area contributed by atoms with E-state index < -0.39 is 5.82 Å². The molecule has 2 aromatic rings. The first-order valence-corrected chi connectivity index (χ1v) is 8.44. The molecule has 0 unspecified atom stereocenters. The number of carbonyl (C=O) groups is 1. The number of fused-ring (bicyclic) bond motifs is 1. The van der Waals surface area contributed by atoms with Crippen LogP contribution >= 0.6 is 11.6 Å². The predicted molar refractivity (Wildman–Crippen MR) is 92.1 cm³/mol. The van der Waals surface area contributed by atoms with Gasteiger partial charge in [0.2, 0.25) is 5.91 Å². The van der Waals surface area contributed by atoms with Crippen LogP contribution < -0.4 is 5.32 Å². The number of hydrogen-bond acceptors (Lipinski definition) is 2. The molecule has 1 aliphatic rings. The average molecular weight is 350 g/mol. The zero-order valence-corrected chi connectivity index (χ0v) is 14.4. The third-order valence-corrected chi connectivity index (χ3v) is 4.73. The molecule has 6 heteroatoms. The zero-order chi connectivity index (χ0) is 17.1. The quantitative estimate of drug-likeness (QED) is 0.921. The van der Waals surface area contributed by atoms with E-state index in [2.05, 4.69) is 27.0 Å². The van der Waals surface area contributed by atoms with Crippen LogP contribution in [0.15, 0.2) is 36.5 Å². The van der Waals surface area contributed by atoms with Crippen LogP contribution in [0.5, 0.6) is 0 Å². The highest BCUT2D eigenvalue weighted by Gasteiger charge is 2.23. The lowest BCUT2D eigenvalue weighted by molar-refractivity contribution is -0.121. The summed E-state index contributed by atoms with van der Waals surface area (Å²) in [4.78, 5) is 14.0. The molecule has 0 aliphatic carbocycles. The molecule has 0 bridgehead atoms. The minimum atomic E-state index is -0.394. The van der Waals surface area contributed by atoms with Crippen molar-refractivity contribution in [2.45, 2.75) is 26.1 Å². The largest absolute Gasteiger partial charge is 0.359 e. The van der Waals surface area contributed by atoms with Crippen molar-refractivity contribution in [3.05, 3.63) is 58.6 Å². The van der Waals surface area contributed by atoms with Crippen LogP contribution in [0, 0.1) is 11.7 Å². The molecule has 1 aromatic carbocycles. The molecule has 1 aliphatic heterocycles. The van der Waals surface area contributed by atoms with E-state index in [9.17, 15) is 9.18 Å². The van der Waals surface area contributed by atoms with Crippen molar-refractivity contribution in [3.63, 3.8) is 0 Å². The number of amides is 1. The monoisotopic (exact) mass is 349 g/mol. The van der Waals surface area contributed by atoms with Gasteiger partial charge in [-0.2, -0.15) is 0 Å². The first-order chi connectivity index (χ1) is 11.5. The number of halogens is 2. The lowest BCUT2D eigenvalue weighted by Gasteiger charge is -2.23. The van der Waals surface area contributed by atoms with E-state index in [4.69, 9.17) is 11.6 Å². The van der Waals surface area contributed by atoms with Crippen LogP contribution in [0.1, 0.15) is 17.7 Å². The Kier molecular flexibility index (Phi) is 5.21. The highest BCUT2D eigenvalue weighted by Crippen LogP contribution is 2.22. The van der Waals surface area contributed by atoms with Gasteiger partial charge >= 0.3 is 0 Å². The molecule has 1 amide bonds. The summed E-state index contributed by atoms with van der Waals surface area (Å²) in [5.74, 6) is -0.127. The summed E-state index contributed by atoms with van der Waals surface area (Å²) in [6.45, 7) is 3.02. The Labute approximate surface area is 146 Å². The third-order valence-electron chi connectivity index (χ3n) is 4.42. The summed E-state index contributed by atoms with van der Waals surface area (Å²) in [7, 11) is 1.66. The summed E-state index contributed by atoms with van der Waals surface area (Å²) in [6, 6.07) is 9.05. The summed E-state index contributed by atoms with van der Waals surface area (Å²) in [6.07, 6.45) is 2.54. The van der Waals surface area contributed by atoms with Crippen molar-refractivity contribution in [2.24, 2.45) is 5.92 Å². The number of aromatic nitrogens is 1. The van der Waals surface area contributed by atoms with E-state index in [1.807, 2.05) is 12.1 Å². The molecule has 1 aromatic heterocycles. The van der Waals surface area contributed by atoms with E-state index in [-0.39, 0.29) is 16.8 Å². The number of carbonyl (C=O) groups excluding carboxylic acids is 1. The number of nitrogens with one attached hydrogen (secondary N) is 1. The number of hydrogen-bond donors (Lipinski definition) is 1. The Hall–Kier alpha value is -1.85. The Morgan fingerprint density at radius 3 is 2.96 bits per heavy atom. The fourth-order valence-electron chi connectivity index (χ4n) is 3.28. The third kappa shape index (κ3) is 3.97. The Morgan fingerprint density at radius 1 is 1.38 bits per heavy atom. The zero-order valence-electron chi connectivity index (χ0n) is 13.6. The van der Waals surface area contributed by atoms with Crippen molar-refractivity contribution in [1.82, 2.24) is 14.8 Å². The van der Waals surface area contributed by atoms with Gasteiger partial charge in [-0.05, 0) is 35.7 Å². The molecule has 4 nitrogen and oxygen atoms in total. The van der Waals surface area contributed by atoms with Gasteiger partial charge in [0.25, 0.3) is 0 Å². The van der Waals surface area contributed by atoms with Gasteiger partial charge in [0.1, 0.15) is 5.82 Å². The van der Waals surface area contributed by atoms with E-state index in [1.54, 1.807) is 13.1 Å². The normalized spacial score (nSPS) is 18.0. The molecular weight excluding hydrogens is 329 g/mol. The SMILES string of the molecule is CNC(=O)C[C@@H]1CN(Cc2ccc(Cl)c(F)c2)Cc2cccn2C1. The van der Waals surface area contributed by atoms with Crippen molar-refractivity contribution < 1.29 is 9.18 Å². The fourth-order valence-corrected chi connectivity index (χ4v) is 3.39. The van der Waals surface area contributed by atoms with Gasteiger partial charge in [-0.25, -0.2) is 4.39 Å². The van der Waals surface area contributed by atoms with Gasteiger partial charge < -0.3 is 9.88 Å². The highest BCUT2D eigenvalue weighted by atomic mass is 35.5. The molecule has 2 heterocycles. The van der Waals surface area contributed by atoms with Crippen LogP contribution in [0.2, 0.25) is 5.02 Å². The van der Waals surface area contributed by atoms with Gasteiger partial charge in [-0.15, -0.1) is 0 Å². The van der Waals surface area contributed by atoms with Crippen molar-refractivity contribution >= 4 is 17.5 Å². The minimum absolute atomic E-state index is 0.0492. The highest BCUT2D eigenvalue weighted by molar-refractivity contribution is 6.30. The van der Waals surface area contributed by atoms with Gasteiger partial charge in [0.15, 0.2) is 0 Å². The molecule has 128 valence electrons. The standard InChI is InChI=1S/C18H21ClFN3O/c1-21-18(24)8-14-10-22(12-15-3-2-6-23(15)11-14)9-13-4-5-16(19)17(20)7-13/h2-7,14H,8-12H2,1H3,(H,21,24)/t14-/m1/s1. The smallest absolute Gasteiger partial charge is 0.220 e. The summed E-state index contributed by atoms with van der Waals surface area (Å²) >= 11 is 5.76. The lowest BCUT2D eigenvalue weighted by Crippen LogP contribution is -2.31. The topological polar surface area (TPSA) is 37.3 Å². The maximum Gasteiger partial charge on any atom is 0.220 e. The molecule has 0 saturated heterocycles. The first-order valence-electron chi connectivity index (χ1n) is 8.06. The van der Waals surface area contributed by atoms with Crippen LogP contribution in [-0.2, 0) is 24.4 Å². The van der Waals surface area contributed by atoms with Gasteiger partial charge in [-0.1, -0.05) is 17.7 Å². The van der Waals surface area contributed by atoms with Crippen molar-refractivity contribution in [2.75, 3.05) is 13.6 Å². The van der Waals surface area contributed by atoms with Gasteiger partial charge in [0, 0.05) is 51.5 Å². The molecule has 24 heavy (non-hydrogen) atoms. The van der Waals surface area contributed by atoms with E-state index in [0.717, 1.165) is 25.2 Å². The molecule has 0 fully saturated rings. The minimum Gasteiger partial charge on any atom is -0.359 e. The maximum atomic E-state index is 13.7. The molecule has 1 atom stereocenters. The molecule has 3 rings (SSSR count). The first kappa shape index (κ1) is 17.0. The number of rotatable bonds is 4. The second kappa shape index (κ2) is 7.36. The summed E-state index contributed by atoms with van der Waals surface area (Å²) in [5.41, 5.74) is 2.10. The predicted octanol–water partition coefficient (Wildman–Crippen LogP) is 3.05. The van der Waals surface area contributed by atoms with E-state index >= 15 is 0 Å². The summed E-state index contributed by atoms with van der Waals surface area (Å²) < 4.78 is 15.9. The lowest BCUT2D eigenvalue weighted by atomic mass is 10.0. The van der Waals surface area contributed by atoms with Crippen LogP contribution in [0.3, 0.4) is 0 Å². The molecule has 0 spiro atoms. The second-order valence-electron chi connectivity index (χ2n) is 6.31. The molecule has 1 N–H and O–H groups in total. The summed E-state index contributed by atoms with van der Waals surface area (Å²) in [5, 5.41) is 2.84. The van der Waals surface area contributed by atoms with E-state index in [1.165, 1.54) is 11.8 Å².